The number of amides is 2. The number of nitrogens with zero attached hydrogens (tertiary/aromatic N) is 2. The lowest BCUT2D eigenvalue weighted by Crippen LogP contribution is -2.42. The summed E-state index contributed by atoms with van der Waals surface area (Å²) in [5, 5.41) is 0. The van der Waals surface area contributed by atoms with Gasteiger partial charge in [-0.15, -0.1) is 0 Å². The van der Waals surface area contributed by atoms with Crippen molar-refractivity contribution in [3.63, 3.8) is 0 Å². The lowest BCUT2D eigenvalue weighted by molar-refractivity contribution is -0.139. The molecule has 2 amide bonds. The summed E-state index contributed by atoms with van der Waals surface area (Å²) in [6.07, 6.45) is 5.49. The van der Waals surface area contributed by atoms with Crippen LogP contribution in [0.2, 0.25) is 0 Å². The van der Waals surface area contributed by atoms with E-state index in [2.05, 4.69) is 22.1 Å². The summed E-state index contributed by atoms with van der Waals surface area (Å²) >= 11 is 0. The summed E-state index contributed by atoms with van der Waals surface area (Å²) in [5.41, 5.74) is 11.1. The van der Waals surface area contributed by atoms with Crippen molar-refractivity contribution in [2.75, 3.05) is 6.54 Å². The van der Waals surface area contributed by atoms with Crippen LogP contribution in [0.15, 0.2) is 48.7 Å². The molecule has 3 N–H and O–H groups in total. The van der Waals surface area contributed by atoms with Gasteiger partial charge in [-0.3, -0.25) is 9.59 Å². The number of benzene rings is 2. The predicted octanol–water partition coefficient (Wildman–Crippen LogP) is 4.72. The van der Waals surface area contributed by atoms with Crippen molar-refractivity contribution < 1.29 is 9.59 Å². The lowest BCUT2D eigenvalue weighted by atomic mass is 9.90. The molecule has 0 saturated carbocycles. The molecular formula is C27H32N4O2. The number of rotatable bonds is 6. The number of hydrogen-bond donors (Lipinski definition) is 2. The molecule has 2 heterocycles. The Bertz CT molecular complexity index is 1130. The molecule has 33 heavy (non-hydrogen) atoms. The summed E-state index contributed by atoms with van der Waals surface area (Å²) in [6, 6.07) is 13.7. The minimum Gasteiger partial charge on any atom is -0.366 e. The zero-order valence-corrected chi connectivity index (χ0v) is 19.6. The van der Waals surface area contributed by atoms with Crippen molar-refractivity contribution >= 4 is 11.8 Å². The van der Waals surface area contributed by atoms with Gasteiger partial charge in [0.2, 0.25) is 11.8 Å². The maximum absolute atomic E-state index is 13.6. The molecule has 1 fully saturated rings. The molecule has 172 valence electrons. The summed E-state index contributed by atoms with van der Waals surface area (Å²) in [7, 11) is 0. The molecule has 2 atom stereocenters. The molecule has 0 radical (unpaired) electrons. The number of nitrogens with one attached hydrogen (secondary N) is 1. The normalized spacial score (nSPS) is 17.1. The number of aryl methyl sites for hydroxylation is 2. The molecule has 2 unspecified atom stereocenters. The first-order valence-corrected chi connectivity index (χ1v) is 11.7. The second-order valence-corrected chi connectivity index (χ2v) is 9.15. The van der Waals surface area contributed by atoms with E-state index in [4.69, 9.17) is 5.73 Å². The third-order valence-corrected chi connectivity index (χ3v) is 6.69. The first-order chi connectivity index (χ1) is 15.8. The van der Waals surface area contributed by atoms with Crippen LogP contribution in [0, 0.1) is 19.8 Å². The molecule has 0 spiro atoms. The number of primary amides is 1. The van der Waals surface area contributed by atoms with E-state index in [0.717, 1.165) is 59.6 Å². The molecule has 6 nitrogen and oxygen atoms in total. The molecule has 6 heteroatoms. The topological polar surface area (TPSA) is 92.1 Å². The van der Waals surface area contributed by atoms with E-state index in [1.165, 1.54) is 0 Å². The second kappa shape index (κ2) is 9.61. The van der Waals surface area contributed by atoms with E-state index in [0.29, 0.717) is 12.0 Å². The lowest BCUT2D eigenvalue weighted by Gasteiger charge is -2.36. The van der Waals surface area contributed by atoms with Crippen molar-refractivity contribution in [1.82, 2.24) is 14.9 Å². The fourth-order valence-corrected chi connectivity index (χ4v) is 4.88. The van der Waals surface area contributed by atoms with Crippen LogP contribution >= 0.6 is 0 Å². The maximum Gasteiger partial charge on any atom is 0.248 e. The highest BCUT2D eigenvalue weighted by atomic mass is 16.2. The quantitative estimate of drug-likeness (QED) is 0.576. The van der Waals surface area contributed by atoms with Gasteiger partial charge in [-0.2, -0.15) is 0 Å². The van der Waals surface area contributed by atoms with Gasteiger partial charge < -0.3 is 15.6 Å². The number of carbonyl (C=O) groups is 2. The fraction of sp³-hybridized carbons (Fsp3) is 0.370. The van der Waals surface area contributed by atoms with Crippen molar-refractivity contribution in [3.8, 4) is 11.3 Å². The first kappa shape index (κ1) is 22.8. The molecule has 0 bridgehead atoms. The van der Waals surface area contributed by atoms with Crippen molar-refractivity contribution in [2.45, 2.75) is 52.5 Å². The van der Waals surface area contributed by atoms with Crippen LogP contribution in [0.3, 0.4) is 0 Å². The number of likely N-dealkylation sites (tertiary alicyclic amines) is 1. The Balaban J connectivity index is 1.53. The Morgan fingerprint density at radius 3 is 2.52 bits per heavy atom. The number of aromatic amines is 1. The molecule has 1 aliphatic rings. The van der Waals surface area contributed by atoms with Gasteiger partial charge in [0, 0.05) is 18.0 Å². The van der Waals surface area contributed by atoms with E-state index < -0.39 is 5.91 Å². The van der Waals surface area contributed by atoms with E-state index in [9.17, 15) is 9.59 Å². The molecule has 2 aromatic carbocycles. The van der Waals surface area contributed by atoms with Crippen molar-refractivity contribution in [1.29, 1.82) is 0 Å². The summed E-state index contributed by atoms with van der Waals surface area (Å²) in [4.78, 5) is 35.3. The standard InChI is InChI=1S/C27H32N4O2/c1-17-13-21(25(28)32)14-18(2)22(17)15-19(3)27(33)31-12-8-7-11-24(31)26-29-16-23(30-26)20-9-5-4-6-10-20/h4-6,9-10,13-14,16,19,24H,7-8,11-12,15H2,1-3H3,(H2,28,32)(H,29,30). The van der Waals surface area contributed by atoms with Crippen LogP contribution < -0.4 is 5.73 Å². The number of hydrogen-bond acceptors (Lipinski definition) is 3. The zero-order valence-electron chi connectivity index (χ0n) is 19.6. The highest BCUT2D eigenvalue weighted by Gasteiger charge is 2.32. The van der Waals surface area contributed by atoms with E-state index in [1.807, 2.05) is 62.2 Å². The number of piperidine rings is 1. The van der Waals surface area contributed by atoms with Gasteiger partial charge in [0.1, 0.15) is 5.82 Å². The third kappa shape index (κ3) is 4.85. The van der Waals surface area contributed by atoms with Crippen LogP contribution in [-0.4, -0.2) is 33.2 Å². The van der Waals surface area contributed by atoms with Gasteiger partial charge in [-0.05, 0) is 73.9 Å². The second-order valence-electron chi connectivity index (χ2n) is 9.15. The Morgan fingerprint density at radius 2 is 1.85 bits per heavy atom. The van der Waals surface area contributed by atoms with Gasteiger partial charge in [0.05, 0.1) is 17.9 Å². The molecule has 3 aromatic rings. The zero-order chi connectivity index (χ0) is 23.5. The van der Waals surface area contributed by atoms with Crippen LogP contribution in [-0.2, 0) is 11.2 Å². The first-order valence-electron chi connectivity index (χ1n) is 11.7. The summed E-state index contributed by atoms with van der Waals surface area (Å²) in [6.45, 7) is 6.69. The van der Waals surface area contributed by atoms with Gasteiger partial charge in [0.15, 0.2) is 0 Å². The van der Waals surface area contributed by atoms with Crippen LogP contribution in [0.5, 0.6) is 0 Å². The minimum atomic E-state index is -0.429. The van der Waals surface area contributed by atoms with Gasteiger partial charge in [0.25, 0.3) is 0 Å². The smallest absolute Gasteiger partial charge is 0.248 e. The predicted molar refractivity (Wildman–Crippen MR) is 130 cm³/mol. The van der Waals surface area contributed by atoms with E-state index in [1.54, 1.807) is 0 Å². The van der Waals surface area contributed by atoms with Gasteiger partial charge in [-0.25, -0.2) is 4.98 Å². The summed E-state index contributed by atoms with van der Waals surface area (Å²) in [5.74, 6) is 0.398. The highest BCUT2D eigenvalue weighted by Crippen LogP contribution is 2.32. The van der Waals surface area contributed by atoms with Crippen molar-refractivity contribution in [2.24, 2.45) is 11.7 Å². The Labute approximate surface area is 195 Å². The average molecular weight is 445 g/mol. The average Bonchev–Trinajstić information content (AvgIpc) is 3.31. The monoisotopic (exact) mass is 444 g/mol. The Morgan fingerprint density at radius 1 is 1.15 bits per heavy atom. The number of nitrogens with two attached hydrogens (primary N) is 1. The fourth-order valence-electron chi connectivity index (χ4n) is 4.88. The van der Waals surface area contributed by atoms with Gasteiger partial charge >= 0.3 is 0 Å². The molecule has 1 aliphatic heterocycles. The summed E-state index contributed by atoms with van der Waals surface area (Å²) < 4.78 is 0. The minimum absolute atomic E-state index is 0.0365. The van der Waals surface area contributed by atoms with Crippen molar-refractivity contribution in [3.05, 3.63) is 76.7 Å². The third-order valence-electron chi connectivity index (χ3n) is 6.69. The Hall–Kier alpha value is -3.41. The SMILES string of the molecule is Cc1cc(C(N)=O)cc(C)c1CC(C)C(=O)N1CCCCC1c1ncc(-c2ccccc2)[nH]1. The van der Waals surface area contributed by atoms with E-state index in [-0.39, 0.29) is 17.9 Å². The van der Waals surface area contributed by atoms with Crippen LogP contribution in [0.1, 0.15) is 65.1 Å². The number of H-pyrrole nitrogens is 1. The largest absolute Gasteiger partial charge is 0.366 e. The molecule has 1 aromatic heterocycles. The van der Waals surface area contributed by atoms with Crippen LogP contribution in [0.25, 0.3) is 11.3 Å². The maximum atomic E-state index is 13.6. The molecule has 1 saturated heterocycles. The number of imidazole rings is 1. The highest BCUT2D eigenvalue weighted by molar-refractivity contribution is 5.93. The number of carbonyl (C=O) groups excluding carboxylic acids is 2. The van der Waals surface area contributed by atoms with Crippen LogP contribution in [0.4, 0.5) is 0 Å². The Kier molecular flexibility index (Phi) is 6.63. The number of aromatic nitrogens is 2. The van der Waals surface area contributed by atoms with Gasteiger partial charge in [-0.1, -0.05) is 37.3 Å². The molecular weight excluding hydrogens is 412 g/mol. The molecule has 0 aliphatic carbocycles. The van der Waals surface area contributed by atoms with E-state index >= 15 is 0 Å². The molecule has 4 rings (SSSR count).